The number of hydrogen-bond donors (Lipinski definition) is 2. The van der Waals surface area contributed by atoms with Crippen molar-refractivity contribution in [2.75, 3.05) is 0 Å². The number of hydrogen-bond acceptors (Lipinski definition) is 4. The molecule has 24 rings (SSSR count). The molecule has 0 bridgehead atoms. The van der Waals surface area contributed by atoms with Crippen molar-refractivity contribution >= 4 is 98.5 Å². The molecule has 8 heterocycles. The second-order valence-electron chi connectivity index (χ2n) is 28.5. The molecule has 0 aliphatic carbocycles. The first-order valence-corrected chi connectivity index (χ1v) is 37.4. The Kier molecular flexibility index (Phi) is 13.5. The van der Waals surface area contributed by atoms with E-state index in [-0.39, 0.29) is 0 Å². The average Bonchev–Trinajstić information content (AvgIpc) is 1.54. The third-order valence-electron chi connectivity index (χ3n) is 22.4. The van der Waals surface area contributed by atoms with Crippen LogP contribution < -0.4 is 9.13 Å². The molecule has 0 fully saturated rings. The van der Waals surface area contributed by atoms with Crippen LogP contribution in [0.1, 0.15) is 0 Å². The topological polar surface area (TPSA) is 101 Å². The van der Waals surface area contributed by atoms with Crippen molar-refractivity contribution in [1.82, 2.24) is 39.0 Å². The van der Waals surface area contributed by atoms with Crippen LogP contribution in [0.2, 0.25) is 0 Å². The first-order chi connectivity index (χ1) is 54.6. The van der Waals surface area contributed by atoms with E-state index in [4.69, 9.17) is 19.9 Å². The Morgan fingerprint density at radius 1 is 0.255 bits per heavy atom. The number of imidazole rings is 2. The van der Waals surface area contributed by atoms with Crippen molar-refractivity contribution in [3.05, 3.63) is 364 Å². The molecule has 0 atom stereocenters. The van der Waals surface area contributed by atoms with Crippen LogP contribution in [0, 0.1) is 0 Å². The van der Waals surface area contributed by atoms with Crippen molar-refractivity contribution in [2.45, 2.75) is 0 Å². The van der Waals surface area contributed by atoms with E-state index in [2.05, 4.69) is 368 Å². The van der Waals surface area contributed by atoms with Crippen LogP contribution in [0.25, 0.3) is 222 Å². The number of aromatic amines is 2. The largest absolute Gasteiger partial charge is 0.309 e. The standard InChI is InChI=1S/C51H31N5.C49H29N5/c1-5-16-32(17-6-1)38-30-40-41(53-49(34-20-9-3-10-21-34)48(52-40)33-18-7-2-8-19-33)31-45(38)55-43-27-15-25-37-36-24-13-14-26-42(36)56-50-39(28-29-44(55)47(50)46(37)43)54-51(56)35-22-11-4-12-23-35;1-4-13-30(14-5-1)45-46(31-15-6-2-7-16-31)52-47-35-25-24-34(29-33(35)23-26-38(47)50-45)53-41-22-12-20-37-36-19-10-11-21-40(36)54-48-39(27-28-42(53)44(48)43(37)41)51-49(54)32-17-8-3-9-18-32/h1-31H;1-29H/p+2. The van der Waals surface area contributed by atoms with Gasteiger partial charge in [0.2, 0.25) is 0 Å². The fraction of sp³-hybridized carbons (Fsp3) is 0. The molecule has 0 saturated heterocycles. The van der Waals surface area contributed by atoms with Crippen molar-refractivity contribution in [3.63, 3.8) is 0 Å². The van der Waals surface area contributed by atoms with Gasteiger partial charge in [-0.25, -0.2) is 29.9 Å². The summed E-state index contributed by atoms with van der Waals surface area (Å²) in [4.78, 5) is 29.2. The van der Waals surface area contributed by atoms with E-state index in [0.29, 0.717) is 0 Å². The summed E-state index contributed by atoms with van der Waals surface area (Å²) < 4.78 is 9.76. The van der Waals surface area contributed by atoms with Gasteiger partial charge in [-0.05, 0) is 125 Å². The molecule has 2 aliphatic rings. The summed E-state index contributed by atoms with van der Waals surface area (Å²) in [7, 11) is 0. The highest BCUT2D eigenvalue weighted by molar-refractivity contribution is 6.26. The van der Waals surface area contributed by atoms with Gasteiger partial charge in [-0.1, -0.05) is 261 Å². The Hall–Kier alpha value is -15.0. The van der Waals surface area contributed by atoms with Crippen LogP contribution in [0.5, 0.6) is 0 Å². The molecule has 16 aromatic carbocycles. The summed E-state index contributed by atoms with van der Waals surface area (Å²) in [5.41, 5.74) is 34.2. The molecule has 0 unspecified atom stereocenters. The van der Waals surface area contributed by atoms with Gasteiger partial charge in [-0.3, -0.25) is 0 Å². The van der Waals surface area contributed by atoms with Gasteiger partial charge in [-0.15, -0.1) is 0 Å². The van der Waals surface area contributed by atoms with Gasteiger partial charge in [0.05, 0.1) is 94.5 Å². The fourth-order valence-electron chi connectivity index (χ4n) is 17.7. The Bertz CT molecular complexity index is 7540. The average molecular weight is 1400 g/mol. The number of nitrogens with zero attached hydrogens (tertiary/aromatic N) is 8. The zero-order chi connectivity index (χ0) is 72.1. The van der Waals surface area contributed by atoms with Gasteiger partial charge in [0, 0.05) is 60.8 Å². The molecule has 510 valence electrons. The van der Waals surface area contributed by atoms with E-state index in [1.54, 1.807) is 0 Å². The quantitative estimate of drug-likeness (QED) is 0.111. The summed E-state index contributed by atoms with van der Waals surface area (Å²) in [6.07, 6.45) is 0. The number of benzene rings is 16. The van der Waals surface area contributed by atoms with Crippen molar-refractivity contribution in [1.29, 1.82) is 0 Å². The lowest BCUT2D eigenvalue weighted by Crippen LogP contribution is -2.32. The molecule has 6 aromatic heterocycles. The number of para-hydroxylation sites is 2. The lowest BCUT2D eigenvalue weighted by molar-refractivity contribution is -0.553. The second-order valence-corrected chi connectivity index (χ2v) is 28.5. The highest BCUT2D eigenvalue weighted by Crippen LogP contribution is 2.49. The Balaban J connectivity index is 0.000000132. The maximum Gasteiger partial charge on any atom is 0.292 e. The van der Waals surface area contributed by atoms with Crippen molar-refractivity contribution in [3.8, 4) is 124 Å². The van der Waals surface area contributed by atoms with Gasteiger partial charge < -0.3 is 9.13 Å². The summed E-state index contributed by atoms with van der Waals surface area (Å²) in [5.74, 6) is 2.13. The predicted molar refractivity (Wildman–Crippen MR) is 448 cm³/mol. The first kappa shape index (κ1) is 61.3. The maximum atomic E-state index is 5.46. The molecule has 2 aliphatic heterocycles. The van der Waals surface area contributed by atoms with E-state index < -0.39 is 0 Å². The van der Waals surface area contributed by atoms with Crippen molar-refractivity contribution < 1.29 is 9.13 Å². The smallest absolute Gasteiger partial charge is 0.292 e. The minimum absolute atomic E-state index is 0.839. The molecule has 2 N–H and O–H groups in total. The van der Waals surface area contributed by atoms with Crippen LogP contribution in [0.4, 0.5) is 0 Å². The van der Waals surface area contributed by atoms with E-state index in [9.17, 15) is 0 Å². The Labute approximate surface area is 630 Å². The Morgan fingerprint density at radius 2 is 0.645 bits per heavy atom. The van der Waals surface area contributed by atoms with E-state index in [1.807, 2.05) is 24.3 Å². The normalized spacial score (nSPS) is 12.0. The zero-order valence-electron chi connectivity index (χ0n) is 59.2. The number of aromatic nitrogens is 10. The molecule has 22 aromatic rings. The number of H-pyrrole nitrogens is 2. The van der Waals surface area contributed by atoms with Gasteiger partial charge in [-0.2, -0.15) is 9.13 Å². The van der Waals surface area contributed by atoms with Crippen LogP contribution >= 0.6 is 0 Å². The van der Waals surface area contributed by atoms with Gasteiger partial charge in [0.15, 0.2) is 22.1 Å². The van der Waals surface area contributed by atoms with Gasteiger partial charge in [0.25, 0.3) is 11.6 Å². The predicted octanol–water partition coefficient (Wildman–Crippen LogP) is 23.8. The third-order valence-corrected chi connectivity index (χ3v) is 22.4. The number of nitrogens with one attached hydrogen (secondary N) is 2. The lowest BCUT2D eigenvalue weighted by Gasteiger charge is -2.17. The monoisotopic (exact) mass is 1400 g/mol. The fourth-order valence-corrected chi connectivity index (χ4v) is 17.7. The molecule has 110 heavy (non-hydrogen) atoms. The van der Waals surface area contributed by atoms with Crippen molar-refractivity contribution in [2.24, 2.45) is 0 Å². The minimum Gasteiger partial charge on any atom is -0.309 e. The first-order valence-electron chi connectivity index (χ1n) is 37.4. The molecule has 0 amide bonds. The summed E-state index contributed by atoms with van der Waals surface area (Å²) >= 11 is 0. The van der Waals surface area contributed by atoms with Crippen LogP contribution in [0.15, 0.2) is 364 Å². The third kappa shape index (κ3) is 9.30. The molecule has 0 spiro atoms. The zero-order valence-corrected chi connectivity index (χ0v) is 59.2. The van der Waals surface area contributed by atoms with Crippen LogP contribution in [-0.2, 0) is 0 Å². The molecule has 0 radical (unpaired) electrons. The van der Waals surface area contributed by atoms with Gasteiger partial charge in [0.1, 0.15) is 11.4 Å². The summed E-state index contributed by atoms with van der Waals surface area (Å²) in [6, 6.07) is 129. The molecular formula is C100H62N10+2. The SMILES string of the molecule is c1ccc(-c2cc3nc(-c4ccccc4)c(-c4ccccc4)nc3cc2-n2c3cccc4c3c3c2ccc2[nH]c(-c5ccccc5)[n+](c23)-c2ccccc2-4)cc1.c1ccc(-c2nc3ccc4cc(-n5c6cccc7c6c6c5ccc5[nH]c(-c8ccccc8)[n+](c56)-c5ccccc5-7)ccc4c3nc2-c2ccccc2)cc1. The van der Waals surface area contributed by atoms with E-state index in [0.717, 1.165) is 151 Å². The number of rotatable bonds is 9. The summed E-state index contributed by atoms with van der Waals surface area (Å²) in [5, 5.41) is 7.17. The Morgan fingerprint density at radius 3 is 1.14 bits per heavy atom. The van der Waals surface area contributed by atoms with Crippen LogP contribution in [-0.4, -0.2) is 39.0 Å². The van der Waals surface area contributed by atoms with E-state index in [1.165, 1.54) is 71.6 Å². The molecular weight excluding hydrogens is 1340 g/mol. The lowest BCUT2D eigenvalue weighted by atomic mass is 9.98. The maximum absolute atomic E-state index is 5.46. The number of fused-ring (bicyclic) bond motifs is 10. The highest BCUT2D eigenvalue weighted by atomic mass is 15.1. The highest BCUT2D eigenvalue weighted by Gasteiger charge is 2.36. The summed E-state index contributed by atoms with van der Waals surface area (Å²) in [6.45, 7) is 0. The second kappa shape index (κ2) is 24.3. The minimum atomic E-state index is 0.839. The molecule has 0 saturated carbocycles. The van der Waals surface area contributed by atoms with Gasteiger partial charge >= 0.3 is 0 Å². The van der Waals surface area contributed by atoms with Crippen LogP contribution in [0.3, 0.4) is 0 Å². The van der Waals surface area contributed by atoms with E-state index >= 15 is 0 Å². The molecule has 10 heteroatoms. The molecule has 10 nitrogen and oxygen atoms in total.